The molecule has 0 aliphatic heterocycles. The molecule has 1 heterocycles. The molecule has 18 heavy (non-hydrogen) atoms. The molecule has 0 fully saturated rings. The molecule has 0 aliphatic rings. The van der Waals surface area contributed by atoms with Gasteiger partial charge in [0.1, 0.15) is 0 Å². The average Bonchev–Trinajstić information content (AvgIpc) is 2.22. The molecule has 1 aromatic rings. The molecular weight excluding hydrogens is 370 g/mol. The highest BCUT2D eigenvalue weighted by Crippen LogP contribution is 2.29. The summed E-state index contributed by atoms with van der Waals surface area (Å²) in [4.78, 5) is 14.4. The first-order chi connectivity index (χ1) is 8.23. The Hall–Kier alpha value is -1.26. The van der Waals surface area contributed by atoms with E-state index < -0.39 is 24.6 Å². The number of ether oxygens (including phenoxy) is 2. The summed E-state index contributed by atoms with van der Waals surface area (Å²) < 4.78 is 44.1. The SMILES string of the molecule is COC(=O)Cc1nc(OC(F)(F)F)cc(I)c1O. The van der Waals surface area contributed by atoms with Crippen molar-refractivity contribution in [1.29, 1.82) is 0 Å². The van der Waals surface area contributed by atoms with E-state index in [1.54, 1.807) is 22.6 Å². The van der Waals surface area contributed by atoms with Gasteiger partial charge in [-0.2, -0.15) is 0 Å². The van der Waals surface area contributed by atoms with E-state index >= 15 is 0 Å². The fraction of sp³-hybridized carbons (Fsp3) is 0.333. The third-order valence-electron chi connectivity index (χ3n) is 1.75. The van der Waals surface area contributed by atoms with Gasteiger partial charge < -0.3 is 14.6 Å². The van der Waals surface area contributed by atoms with Crippen LogP contribution in [0.1, 0.15) is 5.69 Å². The summed E-state index contributed by atoms with van der Waals surface area (Å²) in [6, 6.07) is 0.907. The highest BCUT2D eigenvalue weighted by Gasteiger charge is 2.32. The second-order valence-corrected chi connectivity index (χ2v) is 4.20. The van der Waals surface area contributed by atoms with Crippen LogP contribution in [0.3, 0.4) is 0 Å². The molecule has 0 spiro atoms. The van der Waals surface area contributed by atoms with Gasteiger partial charge in [0, 0.05) is 6.07 Å². The van der Waals surface area contributed by atoms with Crippen LogP contribution in [0, 0.1) is 3.57 Å². The van der Waals surface area contributed by atoms with Gasteiger partial charge in [-0.15, -0.1) is 13.2 Å². The van der Waals surface area contributed by atoms with Crippen LogP contribution in [-0.2, 0) is 16.0 Å². The second-order valence-electron chi connectivity index (χ2n) is 3.04. The Morgan fingerprint density at radius 1 is 1.56 bits per heavy atom. The summed E-state index contributed by atoms with van der Waals surface area (Å²) in [5, 5.41) is 9.55. The topological polar surface area (TPSA) is 68.7 Å². The van der Waals surface area contributed by atoms with Gasteiger partial charge >= 0.3 is 12.3 Å². The third-order valence-corrected chi connectivity index (χ3v) is 2.58. The van der Waals surface area contributed by atoms with E-state index in [2.05, 4.69) is 14.5 Å². The van der Waals surface area contributed by atoms with Crippen molar-refractivity contribution in [1.82, 2.24) is 4.98 Å². The van der Waals surface area contributed by atoms with Crippen molar-refractivity contribution in [3.8, 4) is 11.6 Å². The number of aromatic hydroxyl groups is 1. The van der Waals surface area contributed by atoms with Crippen LogP contribution in [-0.4, -0.2) is 29.5 Å². The monoisotopic (exact) mass is 377 g/mol. The van der Waals surface area contributed by atoms with Gasteiger partial charge in [0.15, 0.2) is 5.75 Å². The molecule has 0 saturated carbocycles. The van der Waals surface area contributed by atoms with Crippen LogP contribution >= 0.6 is 22.6 Å². The van der Waals surface area contributed by atoms with Crippen molar-refractivity contribution in [2.24, 2.45) is 0 Å². The van der Waals surface area contributed by atoms with Crippen LogP contribution in [0.2, 0.25) is 0 Å². The molecule has 0 aromatic carbocycles. The molecule has 0 radical (unpaired) electrons. The minimum Gasteiger partial charge on any atom is -0.505 e. The van der Waals surface area contributed by atoms with Crippen molar-refractivity contribution in [3.63, 3.8) is 0 Å². The van der Waals surface area contributed by atoms with E-state index in [4.69, 9.17) is 0 Å². The Balaban J connectivity index is 3.06. The number of hydrogen-bond acceptors (Lipinski definition) is 5. The summed E-state index contributed by atoms with van der Waals surface area (Å²) in [7, 11) is 1.11. The molecule has 0 atom stereocenters. The number of alkyl halides is 3. The van der Waals surface area contributed by atoms with E-state index in [1.807, 2.05) is 0 Å². The van der Waals surface area contributed by atoms with Crippen LogP contribution < -0.4 is 4.74 Å². The van der Waals surface area contributed by atoms with Gasteiger partial charge in [0.05, 0.1) is 22.8 Å². The molecule has 0 saturated heterocycles. The minimum atomic E-state index is -4.89. The first-order valence-electron chi connectivity index (χ1n) is 4.44. The lowest BCUT2D eigenvalue weighted by atomic mass is 10.2. The lowest BCUT2D eigenvalue weighted by Gasteiger charge is -2.11. The van der Waals surface area contributed by atoms with Gasteiger partial charge in [0.2, 0.25) is 5.88 Å². The molecule has 0 bridgehead atoms. The molecule has 1 N–H and O–H groups in total. The number of esters is 1. The van der Waals surface area contributed by atoms with Crippen molar-refractivity contribution >= 4 is 28.6 Å². The van der Waals surface area contributed by atoms with Gasteiger partial charge in [-0.25, -0.2) is 4.98 Å². The standard InChI is InChI=1S/C9H7F3INO4/c1-17-7(15)3-5-8(16)4(13)2-6(14-5)18-9(10,11)12/h2,16H,3H2,1H3. The summed E-state index contributed by atoms with van der Waals surface area (Å²) in [6.45, 7) is 0. The van der Waals surface area contributed by atoms with E-state index in [0.717, 1.165) is 13.2 Å². The zero-order valence-electron chi connectivity index (χ0n) is 8.92. The van der Waals surface area contributed by atoms with Crippen molar-refractivity contribution < 1.29 is 32.5 Å². The van der Waals surface area contributed by atoms with Gasteiger partial charge in [-0.3, -0.25) is 4.79 Å². The predicted octanol–water partition coefficient (Wildman–Crippen LogP) is 2.01. The molecule has 100 valence electrons. The largest absolute Gasteiger partial charge is 0.574 e. The summed E-state index contributed by atoms with van der Waals surface area (Å²) in [5.74, 6) is -1.86. The van der Waals surface area contributed by atoms with Crippen molar-refractivity contribution in [3.05, 3.63) is 15.3 Å². The zero-order valence-corrected chi connectivity index (χ0v) is 11.1. The molecule has 9 heteroatoms. The smallest absolute Gasteiger partial charge is 0.505 e. The molecule has 5 nitrogen and oxygen atoms in total. The predicted molar refractivity (Wildman–Crippen MR) is 61.0 cm³/mol. The fourth-order valence-electron chi connectivity index (χ4n) is 1.04. The number of carbonyl (C=O) groups is 1. The van der Waals surface area contributed by atoms with Crippen LogP contribution in [0.15, 0.2) is 6.07 Å². The van der Waals surface area contributed by atoms with Crippen molar-refractivity contribution in [2.45, 2.75) is 12.8 Å². The summed E-state index contributed by atoms with van der Waals surface area (Å²) >= 11 is 1.60. The van der Waals surface area contributed by atoms with E-state index in [0.29, 0.717) is 0 Å². The van der Waals surface area contributed by atoms with E-state index in [-0.39, 0.29) is 15.0 Å². The molecule has 1 aromatic heterocycles. The molecule has 0 unspecified atom stereocenters. The number of rotatable bonds is 3. The van der Waals surface area contributed by atoms with Crippen LogP contribution in [0.25, 0.3) is 0 Å². The normalized spacial score (nSPS) is 11.2. The molecular formula is C9H7F3INO4. The average molecular weight is 377 g/mol. The van der Waals surface area contributed by atoms with Crippen LogP contribution in [0.5, 0.6) is 11.6 Å². The van der Waals surface area contributed by atoms with Gasteiger partial charge in [-0.05, 0) is 22.6 Å². The number of hydrogen-bond donors (Lipinski definition) is 1. The third kappa shape index (κ3) is 4.20. The number of pyridine rings is 1. The summed E-state index contributed by atoms with van der Waals surface area (Å²) in [5.41, 5.74) is -0.243. The Kier molecular flexibility index (Phi) is 4.59. The Bertz CT molecular complexity index is 464. The number of aromatic nitrogens is 1. The van der Waals surface area contributed by atoms with Crippen molar-refractivity contribution in [2.75, 3.05) is 7.11 Å². The quantitative estimate of drug-likeness (QED) is 0.645. The fourth-order valence-corrected chi connectivity index (χ4v) is 1.61. The summed E-state index contributed by atoms with van der Waals surface area (Å²) in [6.07, 6.45) is -5.34. The lowest BCUT2D eigenvalue weighted by molar-refractivity contribution is -0.276. The lowest BCUT2D eigenvalue weighted by Crippen LogP contribution is -2.18. The number of carbonyl (C=O) groups excluding carboxylic acids is 1. The molecule has 1 rings (SSSR count). The first kappa shape index (κ1) is 14.8. The Labute approximate surface area is 113 Å². The van der Waals surface area contributed by atoms with E-state index in [9.17, 15) is 23.1 Å². The van der Waals surface area contributed by atoms with Crippen LogP contribution in [0.4, 0.5) is 13.2 Å². The Morgan fingerprint density at radius 3 is 2.67 bits per heavy atom. The molecule has 0 aliphatic carbocycles. The number of methoxy groups -OCH3 is 1. The van der Waals surface area contributed by atoms with Gasteiger partial charge in [-0.1, -0.05) is 0 Å². The maximum absolute atomic E-state index is 12.0. The maximum Gasteiger partial charge on any atom is 0.574 e. The minimum absolute atomic E-state index is 0.0840. The highest BCUT2D eigenvalue weighted by atomic mass is 127. The maximum atomic E-state index is 12.0. The molecule has 0 amide bonds. The Morgan fingerprint density at radius 2 is 2.17 bits per heavy atom. The number of halogens is 4. The van der Waals surface area contributed by atoms with Gasteiger partial charge in [0.25, 0.3) is 0 Å². The zero-order chi connectivity index (χ0) is 13.9. The van der Waals surface area contributed by atoms with E-state index in [1.165, 1.54) is 0 Å². The first-order valence-corrected chi connectivity index (χ1v) is 5.51. The highest BCUT2D eigenvalue weighted by molar-refractivity contribution is 14.1. The number of nitrogens with zero attached hydrogens (tertiary/aromatic N) is 1. The second kappa shape index (κ2) is 5.59.